The van der Waals surface area contributed by atoms with E-state index in [1.54, 1.807) is 58.0 Å². The van der Waals surface area contributed by atoms with E-state index in [0.717, 1.165) is 0 Å². The molecule has 42 heavy (non-hydrogen) atoms. The molecule has 4 N–H and O–H groups in total. The highest BCUT2D eigenvalue weighted by Crippen LogP contribution is 2.65. The molecule has 10 atom stereocenters. The molecule has 11 nitrogen and oxygen atoms in total. The molecule has 4 aliphatic rings. The molecule has 1 aromatic rings. The third-order valence-corrected chi connectivity index (χ3v) is 10.4. The van der Waals surface area contributed by atoms with Gasteiger partial charge in [-0.05, 0) is 30.2 Å². The molecular formula is C31H40O11. The maximum absolute atomic E-state index is 13.7. The minimum Gasteiger partial charge on any atom is -0.455 e. The third-order valence-electron chi connectivity index (χ3n) is 10.4. The van der Waals surface area contributed by atoms with Crippen LogP contribution in [0.5, 0.6) is 0 Å². The number of benzene rings is 1. The van der Waals surface area contributed by atoms with E-state index >= 15 is 0 Å². The SMILES string of the molecule is CC(=O)O[C@@H]1C2=C(C)[C@@H](O)C[C@@](O)([C@H](OC(=O)c3ccccc3)[C@@H]3[C@]4(OC(C)=O)CO[C@@H]4C[C@@H](O)[C@@]3(C)[C@H]1O)C2(C)C. The van der Waals surface area contributed by atoms with Crippen molar-refractivity contribution in [1.29, 1.82) is 0 Å². The highest BCUT2D eigenvalue weighted by molar-refractivity contribution is 5.89. The lowest BCUT2D eigenvalue weighted by atomic mass is 9.44. The Kier molecular flexibility index (Phi) is 7.38. The normalized spacial score (nSPS) is 42.1. The van der Waals surface area contributed by atoms with Crippen molar-refractivity contribution in [2.24, 2.45) is 16.7 Å². The zero-order chi connectivity index (χ0) is 31.0. The first kappa shape index (κ1) is 30.6. The minimum absolute atomic E-state index is 0.0496. The first-order chi connectivity index (χ1) is 19.5. The number of rotatable bonds is 4. The molecule has 0 radical (unpaired) electrons. The van der Waals surface area contributed by atoms with Gasteiger partial charge in [-0.15, -0.1) is 0 Å². The highest BCUT2D eigenvalue weighted by atomic mass is 16.6. The molecule has 1 heterocycles. The largest absolute Gasteiger partial charge is 0.455 e. The van der Waals surface area contributed by atoms with E-state index in [1.165, 1.54) is 13.8 Å². The molecular weight excluding hydrogens is 548 g/mol. The summed E-state index contributed by atoms with van der Waals surface area (Å²) in [4.78, 5) is 38.7. The zero-order valence-electron chi connectivity index (χ0n) is 24.7. The Labute approximate surface area is 244 Å². The summed E-state index contributed by atoms with van der Waals surface area (Å²) in [5, 5.41) is 48.2. The summed E-state index contributed by atoms with van der Waals surface area (Å²) in [7, 11) is 0. The van der Waals surface area contributed by atoms with E-state index in [4.69, 9.17) is 18.9 Å². The topological polar surface area (TPSA) is 169 Å². The summed E-state index contributed by atoms with van der Waals surface area (Å²) >= 11 is 0. The van der Waals surface area contributed by atoms with E-state index in [1.807, 2.05) is 0 Å². The summed E-state index contributed by atoms with van der Waals surface area (Å²) in [5.41, 5.74) is -5.84. The molecule has 3 aliphatic carbocycles. The van der Waals surface area contributed by atoms with Crippen molar-refractivity contribution < 1.29 is 53.8 Å². The van der Waals surface area contributed by atoms with Crippen molar-refractivity contribution >= 4 is 17.9 Å². The molecule has 0 aromatic heterocycles. The molecule has 0 amide bonds. The summed E-state index contributed by atoms with van der Waals surface area (Å²) in [6.07, 6.45) is -8.39. The van der Waals surface area contributed by atoms with Gasteiger partial charge in [0.25, 0.3) is 0 Å². The van der Waals surface area contributed by atoms with Crippen LogP contribution < -0.4 is 0 Å². The van der Waals surface area contributed by atoms with Crippen LogP contribution in [-0.4, -0.2) is 92.8 Å². The summed E-state index contributed by atoms with van der Waals surface area (Å²) in [6.45, 7) is 8.75. The van der Waals surface area contributed by atoms with Crippen molar-refractivity contribution in [3.8, 4) is 0 Å². The molecule has 230 valence electrons. The number of carbonyl (C=O) groups excluding carboxylic acids is 3. The lowest BCUT2D eigenvalue weighted by Gasteiger charge is -2.69. The van der Waals surface area contributed by atoms with Gasteiger partial charge in [-0.2, -0.15) is 0 Å². The molecule has 1 saturated heterocycles. The van der Waals surface area contributed by atoms with Crippen molar-refractivity contribution in [3.05, 3.63) is 47.0 Å². The van der Waals surface area contributed by atoms with Gasteiger partial charge in [0.1, 0.15) is 23.9 Å². The van der Waals surface area contributed by atoms with Gasteiger partial charge < -0.3 is 39.4 Å². The fourth-order valence-electron chi connectivity index (χ4n) is 8.15. The first-order valence-electron chi connectivity index (χ1n) is 14.2. The van der Waals surface area contributed by atoms with Gasteiger partial charge in [-0.3, -0.25) is 9.59 Å². The fraction of sp³-hybridized carbons (Fsp3) is 0.645. The monoisotopic (exact) mass is 588 g/mol. The van der Waals surface area contributed by atoms with Crippen LogP contribution in [0.4, 0.5) is 0 Å². The van der Waals surface area contributed by atoms with Crippen molar-refractivity contribution in [2.75, 3.05) is 6.61 Å². The van der Waals surface area contributed by atoms with Crippen molar-refractivity contribution in [1.82, 2.24) is 0 Å². The lowest BCUT2D eigenvalue weighted by Crippen LogP contribution is -2.82. The molecule has 3 fully saturated rings. The Morgan fingerprint density at radius 3 is 2.17 bits per heavy atom. The van der Waals surface area contributed by atoms with E-state index in [2.05, 4.69) is 0 Å². The second-order valence-corrected chi connectivity index (χ2v) is 13.0. The van der Waals surface area contributed by atoms with Gasteiger partial charge in [-0.25, -0.2) is 4.79 Å². The van der Waals surface area contributed by atoms with E-state index < -0.39 is 82.5 Å². The number of ether oxygens (including phenoxy) is 4. The first-order valence-corrected chi connectivity index (χ1v) is 14.2. The molecule has 11 heteroatoms. The van der Waals surface area contributed by atoms with Gasteiger partial charge >= 0.3 is 17.9 Å². The number of carbonyl (C=O) groups is 3. The summed E-state index contributed by atoms with van der Waals surface area (Å²) in [5.74, 6) is -3.46. The van der Waals surface area contributed by atoms with Gasteiger partial charge in [0, 0.05) is 37.5 Å². The average Bonchev–Trinajstić information content (AvgIpc) is 2.90. The number of hydrogen-bond donors (Lipinski definition) is 4. The quantitative estimate of drug-likeness (QED) is 0.228. The predicted octanol–water partition coefficient (Wildman–Crippen LogP) is 1.44. The fourth-order valence-corrected chi connectivity index (χ4v) is 8.15. The standard InChI is InChI=1S/C31H40O11/c1-15-19(34)13-31(38)26(41-27(37)18-10-8-7-9-11-18)24-29(6,20(35)12-21-30(24,14-39-21)42-17(3)33)25(36)23(40-16(2)32)22(15)28(31,4)5/h7-11,19-21,23-26,34-36,38H,12-14H2,1-6H3/t19-,20+,21+,23+,24-,25-,26+,29+,30-,31+/m0/s1. The van der Waals surface area contributed by atoms with Crippen molar-refractivity contribution in [2.45, 2.75) is 102 Å². The van der Waals surface area contributed by atoms with Crippen LogP contribution in [0, 0.1) is 16.7 Å². The Hall–Kier alpha value is -2.83. The molecule has 2 bridgehead atoms. The highest BCUT2D eigenvalue weighted by Gasteiger charge is 2.78. The Morgan fingerprint density at radius 2 is 1.62 bits per heavy atom. The molecule has 0 unspecified atom stereocenters. The number of esters is 3. The van der Waals surface area contributed by atoms with Crippen LogP contribution in [0.3, 0.4) is 0 Å². The zero-order valence-corrected chi connectivity index (χ0v) is 24.7. The van der Waals surface area contributed by atoms with Crippen LogP contribution >= 0.6 is 0 Å². The predicted molar refractivity (Wildman–Crippen MR) is 146 cm³/mol. The minimum atomic E-state index is -2.07. The molecule has 0 spiro atoms. The van der Waals surface area contributed by atoms with E-state index in [-0.39, 0.29) is 30.6 Å². The van der Waals surface area contributed by atoms with Crippen LogP contribution in [0.1, 0.15) is 64.7 Å². The number of hydrogen-bond acceptors (Lipinski definition) is 11. The second-order valence-electron chi connectivity index (χ2n) is 13.0. The summed E-state index contributed by atoms with van der Waals surface area (Å²) in [6, 6.07) is 8.12. The number of aliphatic hydroxyl groups is 4. The van der Waals surface area contributed by atoms with E-state index in [0.29, 0.717) is 5.57 Å². The molecule has 1 aliphatic heterocycles. The average molecular weight is 589 g/mol. The maximum atomic E-state index is 13.7. The van der Waals surface area contributed by atoms with Gasteiger partial charge in [-0.1, -0.05) is 39.0 Å². The maximum Gasteiger partial charge on any atom is 0.338 e. The molecule has 5 rings (SSSR count). The smallest absolute Gasteiger partial charge is 0.338 e. The number of fused-ring (bicyclic) bond motifs is 5. The van der Waals surface area contributed by atoms with E-state index in [9.17, 15) is 34.8 Å². The van der Waals surface area contributed by atoms with Crippen LogP contribution in [-0.2, 0) is 28.5 Å². The van der Waals surface area contributed by atoms with Gasteiger partial charge in [0.2, 0.25) is 0 Å². The Morgan fingerprint density at radius 1 is 0.976 bits per heavy atom. The van der Waals surface area contributed by atoms with Crippen molar-refractivity contribution in [3.63, 3.8) is 0 Å². The van der Waals surface area contributed by atoms with Crippen LogP contribution in [0.2, 0.25) is 0 Å². The Balaban J connectivity index is 1.83. The second kappa shape index (κ2) is 10.1. The number of aliphatic hydroxyl groups excluding tert-OH is 3. The summed E-state index contributed by atoms with van der Waals surface area (Å²) < 4.78 is 23.7. The Bertz CT molecular complexity index is 1310. The van der Waals surface area contributed by atoms with Gasteiger partial charge in [0.15, 0.2) is 11.7 Å². The molecule has 2 saturated carbocycles. The van der Waals surface area contributed by atoms with Crippen LogP contribution in [0.15, 0.2) is 41.5 Å². The lowest BCUT2D eigenvalue weighted by molar-refractivity contribution is -0.365. The molecule has 1 aromatic carbocycles. The third kappa shape index (κ3) is 4.16. The van der Waals surface area contributed by atoms with Crippen LogP contribution in [0.25, 0.3) is 0 Å². The van der Waals surface area contributed by atoms with Gasteiger partial charge in [0.05, 0.1) is 30.3 Å².